The Morgan fingerprint density at radius 3 is 2.61 bits per heavy atom. The number of carbonyl (C=O) groups excluding carboxylic acids is 1. The van der Waals surface area contributed by atoms with Crippen LogP contribution in [0.3, 0.4) is 0 Å². The van der Waals surface area contributed by atoms with Gasteiger partial charge >= 0.3 is 0 Å². The third-order valence-electron chi connectivity index (χ3n) is 3.89. The minimum absolute atomic E-state index is 0.00118. The van der Waals surface area contributed by atoms with Crippen LogP contribution in [0.15, 0.2) is 53.0 Å². The molecule has 0 aliphatic rings. The molecule has 0 saturated carbocycles. The predicted molar refractivity (Wildman–Crippen MR) is 109 cm³/mol. The SMILES string of the molecule is CN(C)S(=O)(=O)c1ccc(Cl)c(C(=O)NCc2nc(-c3ccncc3)cs2)c1. The third kappa shape index (κ3) is 4.39. The minimum Gasteiger partial charge on any atom is -0.345 e. The average molecular weight is 437 g/mol. The predicted octanol–water partition coefficient (Wildman–Crippen LogP) is 3.04. The topological polar surface area (TPSA) is 92.3 Å². The number of rotatable bonds is 6. The summed E-state index contributed by atoms with van der Waals surface area (Å²) >= 11 is 7.51. The lowest BCUT2D eigenvalue weighted by Gasteiger charge is -2.13. The van der Waals surface area contributed by atoms with Crippen LogP contribution in [-0.2, 0) is 16.6 Å². The van der Waals surface area contributed by atoms with Crippen molar-refractivity contribution in [3.63, 3.8) is 0 Å². The van der Waals surface area contributed by atoms with Gasteiger partial charge in [-0.1, -0.05) is 11.6 Å². The zero-order chi connectivity index (χ0) is 20.3. The smallest absolute Gasteiger partial charge is 0.253 e. The first-order chi connectivity index (χ1) is 13.3. The number of hydrogen-bond acceptors (Lipinski definition) is 6. The standard InChI is InChI=1S/C18H17ClN4O3S2/c1-23(2)28(25,26)13-3-4-15(19)14(9-13)18(24)21-10-17-22-16(11-27-17)12-5-7-20-8-6-12/h3-9,11H,10H2,1-2H3,(H,21,24). The van der Waals surface area contributed by atoms with E-state index in [-0.39, 0.29) is 22.0 Å². The highest BCUT2D eigenvalue weighted by Crippen LogP contribution is 2.23. The highest BCUT2D eigenvalue weighted by Gasteiger charge is 2.21. The molecule has 0 radical (unpaired) electrons. The first-order valence-corrected chi connectivity index (χ1v) is 10.8. The van der Waals surface area contributed by atoms with E-state index < -0.39 is 15.9 Å². The largest absolute Gasteiger partial charge is 0.345 e. The number of benzene rings is 1. The van der Waals surface area contributed by atoms with Gasteiger partial charge in [-0.3, -0.25) is 9.78 Å². The molecule has 2 heterocycles. The lowest BCUT2D eigenvalue weighted by Crippen LogP contribution is -2.25. The monoisotopic (exact) mass is 436 g/mol. The molecule has 0 bridgehead atoms. The number of sulfonamides is 1. The number of thiazole rings is 1. The van der Waals surface area contributed by atoms with Gasteiger partial charge in [-0.15, -0.1) is 11.3 Å². The van der Waals surface area contributed by atoms with Crippen molar-refractivity contribution in [3.05, 3.63) is 63.7 Å². The van der Waals surface area contributed by atoms with E-state index in [0.717, 1.165) is 15.6 Å². The van der Waals surface area contributed by atoms with E-state index in [1.54, 1.807) is 12.4 Å². The van der Waals surface area contributed by atoms with Gasteiger partial charge in [-0.2, -0.15) is 0 Å². The van der Waals surface area contributed by atoms with Gasteiger partial charge in [0.15, 0.2) is 0 Å². The van der Waals surface area contributed by atoms with Gasteiger partial charge < -0.3 is 5.32 Å². The zero-order valence-corrected chi connectivity index (χ0v) is 17.5. The molecule has 146 valence electrons. The summed E-state index contributed by atoms with van der Waals surface area (Å²) in [5.74, 6) is -0.471. The molecule has 10 heteroatoms. The van der Waals surface area contributed by atoms with Crippen LogP contribution in [0.1, 0.15) is 15.4 Å². The fourth-order valence-electron chi connectivity index (χ4n) is 2.35. The first kappa shape index (κ1) is 20.4. The van der Waals surface area contributed by atoms with Crippen molar-refractivity contribution in [1.29, 1.82) is 0 Å². The number of carbonyl (C=O) groups is 1. The molecule has 1 amide bonds. The summed E-state index contributed by atoms with van der Waals surface area (Å²) in [6, 6.07) is 7.76. The fraction of sp³-hybridized carbons (Fsp3) is 0.167. The van der Waals surface area contributed by atoms with Gasteiger partial charge in [-0.25, -0.2) is 17.7 Å². The lowest BCUT2D eigenvalue weighted by atomic mass is 10.2. The summed E-state index contributed by atoms with van der Waals surface area (Å²) in [6.45, 7) is 0.204. The van der Waals surface area contributed by atoms with E-state index in [2.05, 4.69) is 15.3 Å². The summed E-state index contributed by atoms with van der Waals surface area (Å²) in [4.78, 5) is 21.0. The Balaban J connectivity index is 1.75. The number of nitrogens with one attached hydrogen (secondary N) is 1. The van der Waals surface area contributed by atoms with Crippen LogP contribution in [0.2, 0.25) is 5.02 Å². The molecule has 0 atom stereocenters. The van der Waals surface area contributed by atoms with Gasteiger partial charge in [0, 0.05) is 37.4 Å². The summed E-state index contributed by atoms with van der Waals surface area (Å²) in [7, 11) is -0.818. The fourth-order valence-corrected chi connectivity index (χ4v) is 4.22. The second-order valence-corrected chi connectivity index (χ2v) is 9.48. The van der Waals surface area contributed by atoms with Crippen LogP contribution in [0.4, 0.5) is 0 Å². The molecule has 3 aromatic rings. The number of aromatic nitrogens is 2. The van der Waals surface area contributed by atoms with E-state index in [9.17, 15) is 13.2 Å². The number of halogens is 1. The Morgan fingerprint density at radius 1 is 1.21 bits per heavy atom. The number of amides is 1. The van der Waals surface area contributed by atoms with Crippen molar-refractivity contribution >= 4 is 38.9 Å². The van der Waals surface area contributed by atoms with E-state index in [1.807, 2.05) is 17.5 Å². The second kappa shape index (κ2) is 8.36. The van der Waals surface area contributed by atoms with Gasteiger partial charge in [0.1, 0.15) is 5.01 Å². The molecule has 0 unspecified atom stereocenters. The van der Waals surface area contributed by atoms with Crippen molar-refractivity contribution in [3.8, 4) is 11.3 Å². The molecular weight excluding hydrogens is 420 g/mol. The molecular formula is C18H17ClN4O3S2. The first-order valence-electron chi connectivity index (χ1n) is 8.14. The minimum atomic E-state index is -3.66. The maximum Gasteiger partial charge on any atom is 0.253 e. The molecule has 0 aliphatic carbocycles. The normalized spacial score (nSPS) is 11.6. The second-order valence-electron chi connectivity index (χ2n) is 5.97. The number of pyridine rings is 1. The summed E-state index contributed by atoms with van der Waals surface area (Å²) in [5, 5.41) is 5.52. The summed E-state index contributed by atoms with van der Waals surface area (Å²) in [5.41, 5.74) is 1.83. The van der Waals surface area contributed by atoms with Crippen molar-refractivity contribution in [1.82, 2.24) is 19.6 Å². The van der Waals surface area contributed by atoms with Crippen molar-refractivity contribution in [2.24, 2.45) is 0 Å². The quantitative estimate of drug-likeness (QED) is 0.641. The third-order valence-corrected chi connectivity index (χ3v) is 6.88. The van der Waals surface area contributed by atoms with Gasteiger partial charge in [-0.05, 0) is 30.3 Å². The van der Waals surface area contributed by atoms with Crippen LogP contribution in [0, 0.1) is 0 Å². The van der Waals surface area contributed by atoms with E-state index in [0.29, 0.717) is 5.01 Å². The Hall–Kier alpha value is -2.33. The molecule has 1 N–H and O–H groups in total. The van der Waals surface area contributed by atoms with E-state index >= 15 is 0 Å². The van der Waals surface area contributed by atoms with Crippen molar-refractivity contribution in [2.75, 3.05) is 14.1 Å². The van der Waals surface area contributed by atoms with Crippen LogP contribution >= 0.6 is 22.9 Å². The van der Waals surface area contributed by atoms with Crippen LogP contribution in [0.25, 0.3) is 11.3 Å². The maximum atomic E-state index is 12.5. The average Bonchev–Trinajstić information content (AvgIpc) is 3.16. The molecule has 0 aliphatic heterocycles. The van der Waals surface area contributed by atoms with Gasteiger partial charge in [0.05, 0.1) is 27.7 Å². The molecule has 0 spiro atoms. The molecule has 3 rings (SSSR count). The molecule has 2 aromatic heterocycles. The number of hydrogen-bond donors (Lipinski definition) is 1. The van der Waals surface area contributed by atoms with E-state index in [1.165, 1.54) is 43.6 Å². The molecule has 7 nitrogen and oxygen atoms in total. The molecule has 1 aromatic carbocycles. The number of nitrogens with zero attached hydrogens (tertiary/aromatic N) is 3. The Kier molecular flexibility index (Phi) is 6.09. The molecule has 0 fully saturated rings. The Morgan fingerprint density at radius 2 is 1.93 bits per heavy atom. The van der Waals surface area contributed by atoms with Crippen LogP contribution < -0.4 is 5.32 Å². The summed E-state index contributed by atoms with van der Waals surface area (Å²) < 4.78 is 25.6. The Bertz CT molecular complexity index is 1100. The Labute approximate surface area is 172 Å². The molecule has 28 heavy (non-hydrogen) atoms. The van der Waals surface area contributed by atoms with Crippen molar-refractivity contribution in [2.45, 2.75) is 11.4 Å². The van der Waals surface area contributed by atoms with Gasteiger partial charge in [0.2, 0.25) is 10.0 Å². The van der Waals surface area contributed by atoms with Crippen LogP contribution in [0.5, 0.6) is 0 Å². The van der Waals surface area contributed by atoms with Crippen LogP contribution in [-0.4, -0.2) is 42.7 Å². The van der Waals surface area contributed by atoms with Gasteiger partial charge in [0.25, 0.3) is 5.91 Å². The highest BCUT2D eigenvalue weighted by atomic mass is 35.5. The van der Waals surface area contributed by atoms with E-state index in [4.69, 9.17) is 11.6 Å². The summed E-state index contributed by atoms with van der Waals surface area (Å²) in [6.07, 6.45) is 3.37. The lowest BCUT2D eigenvalue weighted by molar-refractivity contribution is 0.0951. The zero-order valence-electron chi connectivity index (χ0n) is 15.1. The highest BCUT2D eigenvalue weighted by molar-refractivity contribution is 7.89. The maximum absolute atomic E-state index is 12.5. The van der Waals surface area contributed by atoms with Crippen molar-refractivity contribution < 1.29 is 13.2 Å². The molecule has 0 saturated heterocycles.